The Morgan fingerprint density at radius 3 is 2.73 bits per heavy atom. The topological polar surface area (TPSA) is 72.6 Å². The number of rotatable bonds is 11. The molecule has 30 heavy (non-hydrogen) atoms. The average Bonchev–Trinajstić information content (AvgIpc) is 3.19. The van der Waals surface area contributed by atoms with E-state index in [0.29, 0.717) is 31.3 Å². The van der Waals surface area contributed by atoms with Gasteiger partial charge in [-0.3, -0.25) is 4.79 Å². The summed E-state index contributed by atoms with van der Waals surface area (Å²) in [6.45, 7) is 5.63. The summed E-state index contributed by atoms with van der Waals surface area (Å²) in [5.74, 6) is 1.21. The van der Waals surface area contributed by atoms with Crippen LogP contribution in [-0.2, 0) is 9.53 Å². The highest BCUT2D eigenvalue weighted by atomic mass is 16.5. The average molecular weight is 411 g/mol. The van der Waals surface area contributed by atoms with Gasteiger partial charge in [0.05, 0.1) is 13.7 Å². The lowest BCUT2D eigenvalue weighted by Crippen LogP contribution is -2.32. The molecule has 6 nitrogen and oxygen atoms in total. The highest BCUT2D eigenvalue weighted by Gasteiger charge is 2.21. The number of benzene rings is 2. The first-order chi connectivity index (χ1) is 14.7. The summed E-state index contributed by atoms with van der Waals surface area (Å²) in [4.78, 5) is 15.6. The van der Waals surface area contributed by atoms with Crippen LogP contribution in [0, 0.1) is 0 Å². The van der Waals surface area contributed by atoms with Gasteiger partial charge in [-0.2, -0.15) is 0 Å². The molecule has 3 aromatic rings. The first-order valence-corrected chi connectivity index (χ1v) is 10.4. The Bertz CT molecular complexity index is 967. The molecule has 160 valence electrons. The van der Waals surface area contributed by atoms with Gasteiger partial charge in [0.2, 0.25) is 5.91 Å². The number of H-pyrrole nitrogens is 1. The van der Waals surface area contributed by atoms with Crippen LogP contribution in [0.25, 0.3) is 10.9 Å². The summed E-state index contributed by atoms with van der Waals surface area (Å²) in [6, 6.07) is 14.1. The lowest BCUT2D eigenvalue weighted by Gasteiger charge is -2.20. The third-order valence-electron chi connectivity index (χ3n) is 4.97. The summed E-state index contributed by atoms with van der Waals surface area (Å²) in [5.41, 5.74) is 3.22. The molecule has 1 heterocycles. The highest BCUT2D eigenvalue weighted by molar-refractivity contribution is 5.84. The van der Waals surface area contributed by atoms with Crippen LogP contribution in [-0.4, -0.2) is 44.4 Å². The Morgan fingerprint density at radius 2 is 1.97 bits per heavy atom. The quantitative estimate of drug-likeness (QED) is 0.464. The van der Waals surface area contributed by atoms with Gasteiger partial charge in [-0.25, -0.2) is 0 Å². The molecule has 0 fully saturated rings. The van der Waals surface area contributed by atoms with E-state index in [1.807, 2.05) is 56.4 Å². The molecule has 2 N–H and O–H groups in total. The van der Waals surface area contributed by atoms with Gasteiger partial charge in [-0.1, -0.05) is 31.2 Å². The minimum atomic E-state index is -0.119. The number of hydrogen-bond acceptors (Lipinski definition) is 4. The van der Waals surface area contributed by atoms with Gasteiger partial charge >= 0.3 is 0 Å². The lowest BCUT2D eigenvalue weighted by molar-refractivity contribution is -0.125. The fourth-order valence-corrected chi connectivity index (χ4v) is 3.54. The maximum Gasteiger partial charge on any atom is 0.246 e. The van der Waals surface area contributed by atoms with E-state index in [0.717, 1.165) is 28.5 Å². The van der Waals surface area contributed by atoms with Crippen LogP contribution in [0.3, 0.4) is 0 Å². The number of fused-ring (bicyclic) bond motifs is 1. The number of nitrogens with one attached hydrogen (secondary N) is 2. The SMILES string of the molecule is CCCOCC(=O)NCC(c1ccc(OCC)c(OC)c1)c1c[nH]c2ccccc12. The molecule has 0 aliphatic heterocycles. The zero-order valence-corrected chi connectivity index (χ0v) is 17.9. The minimum Gasteiger partial charge on any atom is -0.493 e. The second kappa shape index (κ2) is 10.7. The monoisotopic (exact) mass is 410 g/mol. The smallest absolute Gasteiger partial charge is 0.246 e. The molecule has 0 aliphatic carbocycles. The zero-order chi connectivity index (χ0) is 21.3. The summed E-state index contributed by atoms with van der Waals surface area (Å²) in [6.07, 6.45) is 2.90. The van der Waals surface area contributed by atoms with Crippen LogP contribution in [0.1, 0.15) is 37.3 Å². The Balaban J connectivity index is 1.91. The summed E-state index contributed by atoms with van der Waals surface area (Å²) in [5, 5.41) is 4.15. The Labute approximate surface area is 177 Å². The first kappa shape index (κ1) is 21.7. The standard InChI is InChI=1S/C24H30N2O4/c1-4-12-29-16-24(27)26-14-19(20-15-25-21-9-7-6-8-18(20)21)17-10-11-22(30-5-2)23(13-17)28-3/h6-11,13,15,19,25H,4-5,12,14,16H2,1-3H3,(H,26,27). The van der Waals surface area contributed by atoms with Gasteiger partial charge in [0, 0.05) is 36.2 Å². The van der Waals surface area contributed by atoms with E-state index in [2.05, 4.69) is 16.4 Å². The Hall–Kier alpha value is -2.99. The van der Waals surface area contributed by atoms with Crippen LogP contribution < -0.4 is 14.8 Å². The van der Waals surface area contributed by atoms with Crippen LogP contribution in [0.15, 0.2) is 48.7 Å². The number of hydrogen-bond donors (Lipinski definition) is 2. The number of para-hydroxylation sites is 1. The predicted molar refractivity (Wildman–Crippen MR) is 118 cm³/mol. The molecule has 0 saturated heterocycles. The largest absolute Gasteiger partial charge is 0.493 e. The lowest BCUT2D eigenvalue weighted by atomic mass is 9.90. The van der Waals surface area contributed by atoms with Crippen LogP contribution in [0.5, 0.6) is 11.5 Å². The third kappa shape index (κ3) is 5.13. The van der Waals surface area contributed by atoms with Crippen molar-refractivity contribution in [2.24, 2.45) is 0 Å². The molecule has 0 aliphatic rings. The van der Waals surface area contributed by atoms with Gasteiger partial charge in [0.1, 0.15) is 6.61 Å². The van der Waals surface area contributed by atoms with Crippen molar-refractivity contribution in [2.45, 2.75) is 26.2 Å². The van der Waals surface area contributed by atoms with Crippen molar-refractivity contribution in [3.63, 3.8) is 0 Å². The number of ether oxygens (including phenoxy) is 3. The summed E-state index contributed by atoms with van der Waals surface area (Å²) >= 11 is 0. The molecule has 0 spiro atoms. The predicted octanol–water partition coefficient (Wildman–Crippen LogP) is 4.25. The van der Waals surface area contributed by atoms with E-state index in [4.69, 9.17) is 14.2 Å². The maximum absolute atomic E-state index is 12.3. The fourth-order valence-electron chi connectivity index (χ4n) is 3.54. The van der Waals surface area contributed by atoms with Gasteiger partial charge < -0.3 is 24.5 Å². The number of methoxy groups -OCH3 is 1. The molecular formula is C24H30N2O4. The molecule has 1 atom stereocenters. The van der Waals surface area contributed by atoms with Crippen LogP contribution >= 0.6 is 0 Å². The summed E-state index contributed by atoms with van der Waals surface area (Å²) in [7, 11) is 1.63. The Kier molecular flexibility index (Phi) is 7.74. The number of carbonyl (C=O) groups is 1. The van der Waals surface area contributed by atoms with Crippen LogP contribution in [0.4, 0.5) is 0 Å². The van der Waals surface area contributed by atoms with Crippen molar-refractivity contribution in [1.82, 2.24) is 10.3 Å². The van der Waals surface area contributed by atoms with E-state index in [1.165, 1.54) is 0 Å². The molecular weight excluding hydrogens is 380 g/mol. The number of amides is 1. The molecule has 0 bridgehead atoms. The van der Waals surface area contributed by atoms with Crippen molar-refractivity contribution in [2.75, 3.05) is 33.5 Å². The van der Waals surface area contributed by atoms with E-state index in [1.54, 1.807) is 7.11 Å². The molecule has 1 amide bonds. The second-order valence-electron chi connectivity index (χ2n) is 7.04. The Morgan fingerprint density at radius 1 is 1.13 bits per heavy atom. The van der Waals surface area contributed by atoms with Crippen LogP contribution in [0.2, 0.25) is 0 Å². The maximum atomic E-state index is 12.3. The highest BCUT2D eigenvalue weighted by Crippen LogP contribution is 2.35. The van der Waals surface area contributed by atoms with Crippen molar-refractivity contribution < 1.29 is 19.0 Å². The van der Waals surface area contributed by atoms with E-state index in [-0.39, 0.29) is 18.4 Å². The third-order valence-corrected chi connectivity index (χ3v) is 4.97. The normalized spacial score (nSPS) is 12.0. The number of aromatic nitrogens is 1. The molecule has 2 aromatic carbocycles. The zero-order valence-electron chi connectivity index (χ0n) is 17.9. The van der Waals surface area contributed by atoms with Crippen molar-refractivity contribution >= 4 is 16.8 Å². The molecule has 1 unspecified atom stereocenters. The molecule has 0 radical (unpaired) electrons. The van der Waals surface area contributed by atoms with Crippen molar-refractivity contribution in [1.29, 1.82) is 0 Å². The van der Waals surface area contributed by atoms with Crippen molar-refractivity contribution in [3.05, 3.63) is 59.8 Å². The van der Waals surface area contributed by atoms with Crippen molar-refractivity contribution in [3.8, 4) is 11.5 Å². The molecule has 0 saturated carbocycles. The van der Waals surface area contributed by atoms with Gasteiger partial charge in [-0.05, 0) is 42.7 Å². The number of aromatic amines is 1. The van der Waals surface area contributed by atoms with E-state index >= 15 is 0 Å². The van der Waals surface area contributed by atoms with Gasteiger partial charge in [0.15, 0.2) is 11.5 Å². The minimum absolute atomic E-state index is 0.0548. The molecule has 3 rings (SSSR count). The molecule has 1 aromatic heterocycles. The first-order valence-electron chi connectivity index (χ1n) is 10.4. The molecule has 6 heteroatoms. The van der Waals surface area contributed by atoms with E-state index in [9.17, 15) is 4.79 Å². The number of carbonyl (C=O) groups excluding carboxylic acids is 1. The fraction of sp³-hybridized carbons (Fsp3) is 0.375. The van der Waals surface area contributed by atoms with Gasteiger partial charge in [0.25, 0.3) is 0 Å². The van der Waals surface area contributed by atoms with E-state index < -0.39 is 0 Å². The van der Waals surface area contributed by atoms with Gasteiger partial charge in [-0.15, -0.1) is 0 Å². The second-order valence-corrected chi connectivity index (χ2v) is 7.04. The summed E-state index contributed by atoms with van der Waals surface area (Å²) < 4.78 is 16.6.